The van der Waals surface area contributed by atoms with Crippen molar-refractivity contribution in [3.63, 3.8) is 0 Å². The molecule has 10 nitrogen and oxygen atoms in total. The van der Waals surface area contributed by atoms with Gasteiger partial charge in [0.2, 0.25) is 0 Å². The Bertz CT molecular complexity index is 1480. The first-order chi connectivity index (χ1) is 26.7. The van der Waals surface area contributed by atoms with Crippen LogP contribution in [0.15, 0.2) is 60.7 Å². The summed E-state index contributed by atoms with van der Waals surface area (Å²) >= 11 is 0. The van der Waals surface area contributed by atoms with E-state index in [0.717, 1.165) is 0 Å². The van der Waals surface area contributed by atoms with Gasteiger partial charge in [0, 0.05) is 26.1 Å². The fraction of sp³-hybridized carbons (Fsp3) is 0.611. The molecule has 2 aliphatic rings. The van der Waals surface area contributed by atoms with Crippen LogP contribution in [0, 0.1) is 0 Å². The highest BCUT2D eigenvalue weighted by molar-refractivity contribution is 5.83. The summed E-state index contributed by atoms with van der Waals surface area (Å²) in [6.45, 7) is 5.30. The minimum Gasteiger partial charge on any atom is -0.388 e. The van der Waals surface area contributed by atoms with Crippen LogP contribution in [0.2, 0.25) is 0 Å². The predicted molar refractivity (Wildman–Crippen MR) is 177 cm³/mol. The molecule has 2 heterocycles. The second-order valence-corrected chi connectivity index (χ2v) is 13.1. The summed E-state index contributed by atoms with van der Waals surface area (Å²) in [5.41, 5.74) is 0.528. The molecule has 0 aromatic heterocycles. The smallest absolute Gasteiger partial charge is 0.388 e. The van der Waals surface area contributed by atoms with Crippen molar-refractivity contribution in [3.05, 3.63) is 71.8 Å². The van der Waals surface area contributed by atoms with Gasteiger partial charge in [0.1, 0.15) is 12.2 Å². The monoisotopic (exact) mass is 858 g/mol. The second-order valence-electron chi connectivity index (χ2n) is 13.1. The van der Waals surface area contributed by atoms with Crippen LogP contribution >= 0.6 is 0 Å². The molecule has 2 aromatic rings. The van der Waals surface area contributed by atoms with Crippen molar-refractivity contribution in [2.75, 3.05) is 13.2 Å². The molecule has 10 atom stereocenters. The van der Waals surface area contributed by atoms with Gasteiger partial charge in [-0.15, -0.1) is 0 Å². The van der Waals surface area contributed by atoms with Crippen molar-refractivity contribution in [3.8, 4) is 0 Å². The van der Waals surface area contributed by atoms with Crippen LogP contribution in [-0.4, -0.2) is 119 Å². The molecule has 328 valence electrons. The fourth-order valence-electron chi connectivity index (χ4n) is 6.66. The highest BCUT2D eigenvalue weighted by atomic mass is 19.4. The molecule has 0 bridgehead atoms. The molecule has 2 fully saturated rings. The van der Waals surface area contributed by atoms with Crippen molar-refractivity contribution < 1.29 is 91.4 Å². The van der Waals surface area contributed by atoms with Gasteiger partial charge < -0.3 is 39.0 Å². The Morgan fingerprint density at radius 1 is 0.621 bits per heavy atom. The summed E-state index contributed by atoms with van der Waals surface area (Å²) in [6.07, 6.45) is -35.5. The lowest BCUT2D eigenvalue weighted by Crippen LogP contribution is -2.63. The molecule has 2 saturated heterocycles. The Balaban J connectivity index is 0.000000310. The molecule has 2 N–H and O–H groups in total. The average Bonchev–Trinajstić information content (AvgIpc) is 3.13. The van der Waals surface area contributed by atoms with Crippen LogP contribution in [-0.2, 0) is 28.5 Å². The summed E-state index contributed by atoms with van der Waals surface area (Å²) < 4.78 is 179. The third-order valence-electron chi connectivity index (χ3n) is 9.29. The van der Waals surface area contributed by atoms with E-state index < -0.39 is 111 Å². The van der Waals surface area contributed by atoms with Crippen molar-refractivity contribution in [1.82, 2.24) is 9.80 Å². The molecule has 0 radical (unpaired) electrons. The predicted octanol–water partition coefficient (Wildman–Crippen LogP) is 7.16. The van der Waals surface area contributed by atoms with Crippen LogP contribution in [0.25, 0.3) is 0 Å². The Morgan fingerprint density at radius 2 is 0.914 bits per heavy atom. The van der Waals surface area contributed by atoms with Gasteiger partial charge in [-0.3, -0.25) is 9.59 Å². The quantitative estimate of drug-likeness (QED) is 0.242. The maximum Gasteiger partial charge on any atom is 0.471 e. The number of ether oxygens (including phenoxy) is 4. The number of hydrogen-bond donors (Lipinski definition) is 2. The molecule has 0 unspecified atom stereocenters. The third kappa shape index (κ3) is 12.2. The van der Waals surface area contributed by atoms with E-state index >= 15 is 0 Å². The van der Waals surface area contributed by atoms with E-state index in [1.807, 2.05) is 0 Å². The number of alkyl halides is 12. The van der Waals surface area contributed by atoms with E-state index in [1.54, 1.807) is 12.1 Å². The highest BCUT2D eigenvalue weighted by Gasteiger charge is 2.59. The van der Waals surface area contributed by atoms with Gasteiger partial charge in [0.15, 0.2) is 24.8 Å². The molecule has 2 aliphatic heterocycles. The molecule has 4 rings (SSSR count). The normalized spacial score (nSPS) is 26.8. The number of nitrogens with zero attached hydrogens (tertiary/aromatic N) is 2. The van der Waals surface area contributed by atoms with Crippen LogP contribution in [0.4, 0.5) is 52.7 Å². The number of halogens is 12. The first-order valence-electron chi connectivity index (χ1n) is 17.7. The first kappa shape index (κ1) is 48.7. The summed E-state index contributed by atoms with van der Waals surface area (Å²) in [5.74, 6) is -4.70. The minimum atomic E-state index is -5.35. The molecule has 2 amide bonds. The maximum atomic E-state index is 13.3. The zero-order valence-corrected chi connectivity index (χ0v) is 31.1. The van der Waals surface area contributed by atoms with Crippen LogP contribution < -0.4 is 0 Å². The van der Waals surface area contributed by atoms with Crippen LogP contribution in [0.5, 0.6) is 0 Å². The Labute approximate surface area is 324 Å². The van der Waals surface area contributed by atoms with Gasteiger partial charge in [0.05, 0.1) is 24.2 Å². The zero-order chi connectivity index (χ0) is 44.0. The fourth-order valence-corrected chi connectivity index (χ4v) is 6.66. The van der Waals surface area contributed by atoms with Gasteiger partial charge >= 0.3 is 36.5 Å². The van der Waals surface area contributed by atoms with Gasteiger partial charge in [-0.2, -0.15) is 52.7 Å². The van der Waals surface area contributed by atoms with Gasteiger partial charge in [0.25, 0.3) is 0 Å². The lowest BCUT2D eigenvalue weighted by atomic mass is 9.93. The maximum absolute atomic E-state index is 13.3. The van der Waals surface area contributed by atoms with E-state index in [9.17, 15) is 72.5 Å². The lowest BCUT2D eigenvalue weighted by Gasteiger charge is -2.46. The lowest BCUT2D eigenvalue weighted by molar-refractivity contribution is -0.323. The number of rotatable bonds is 10. The number of amides is 2. The van der Waals surface area contributed by atoms with Gasteiger partial charge in [-0.1, -0.05) is 60.7 Å². The molecular formula is C36H42F12N2O8. The van der Waals surface area contributed by atoms with Crippen molar-refractivity contribution >= 4 is 11.8 Å². The highest BCUT2D eigenvalue weighted by Crippen LogP contribution is 2.41. The standard InChI is InChI=1S/2C18H21F6NO4/c2*1-3-28-13-9-12(14(26)15(29-13)17(19,20)21)25(16(27)18(22,23)24)10(2)11-7-5-4-6-8-11/h2*4-8,10,12-15,26H,3,9H2,1-2H3/t2*10-,12+,13+,14-,15-/m11/s1. The van der Waals surface area contributed by atoms with E-state index in [2.05, 4.69) is 0 Å². The topological polar surface area (TPSA) is 118 Å². The number of carbonyl (C=O) groups excluding carboxylic acids is 2. The summed E-state index contributed by atoms with van der Waals surface area (Å²) in [4.78, 5) is 24.8. The first-order valence-corrected chi connectivity index (χ1v) is 17.7. The number of carbonyl (C=O) groups is 2. The number of aliphatic hydroxyl groups is 2. The Hall–Kier alpha value is -3.70. The molecule has 0 saturated carbocycles. The average molecular weight is 859 g/mol. The van der Waals surface area contributed by atoms with Crippen molar-refractivity contribution in [2.45, 2.75) is 126 Å². The SMILES string of the molecule is CCO[C@@H]1C[C@H](N(C(=O)C(F)(F)F)[C@H](C)c2ccccc2)[C@@H](O)[C@H](C(F)(F)F)O1.CCO[C@@H]1C[C@H](N(C(=O)C(F)(F)F)[C@H](C)c2ccccc2)[C@@H](O)[C@H](C(F)(F)F)O1. The van der Waals surface area contributed by atoms with Crippen LogP contribution in [0.3, 0.4) is 0 Å². The molecule has 22 heteroatoms. The number of hydrogen-bond acceptors (Lipinski definition) is 8. The van der Waals surface area contributed by atoms with Crippen molar-refractivity contribution in [2.24, 2.45) is 0 Å². The van der Waals surface area contributed by atoms with E-state index in [0.29, 0.717) is 0 Å². The molecule has 0 spiro atoms. The summed E-state index contributed by atoms with van der Waals surface area (Å²) in [7, 11) is 0. The summed E-state index contributed by atoms with van der Waals surface area (Å²) in [6, 6.07) is 8.82. The molecule has 58 heavy (non-hydrogen) atoms. The van der Waals surface area contributed by atoms with E-state index in [4.69, 9.17) is 18.9 Å². The van der Waals surface area contributed by atoms with Crippen LogP contribution in [0.1, 0.15) is 63.7 Å². The van der Waals surface area contributed by atoms with Gasteiger partial charge in [-0.25, -0.2) is 0 Å². The van der Waals surface area contributed by atoms with Crippen molar-refractivity contribution in [1.29, 1.82) is 0 Å². The Morgan fingerprint density at radius 3 is 1.16 bits per heavy atom. The molecule has 2 aromatic carbocycles. The zero-order valence-electron chi connectivity index (χ0n) is 31.1. The van der Waals surface area contributed by atoms with E-state index in [-0.39, 0.29) is 34.1 Å². The third-order valence-corrected chi connectivity index (χ3v) is 9.29. The summed E-state index contributed by atoms with van der Waals surface area (Å²) in [5, 5.41) is 20.5. The van der Waals surface area contributed by atoms with E-state index in [1.165, 1.54) is 76.2 Å². The molecule has 0 aliphatic carbocycles. The minimum absolute atomic E-state index is 0.0699. The van der Waals surface area contributed by atoms with Gasteiger partial charge in [-0.05, 0) is 38.8 Å². The second kappa shape index (κ2) is 19.6. The number of benzene rings is 2. The Kier molecular flexibility index (Phi) is 16.4. The largest absolute Gasteiger partial charge is 0.471 e. The number of aliphatic hydroxyl groups excluding tert-OH is 2. The molecular weight excluding hydrogens is 816 g/mol.